The average Bonchev–Trinajstić information content (AvgIpc) is 3.68. The van der Waals surface area contributed by atoms with Gasteiger partial charge in [0.25, 0.3) is 0 Å². The highest BCUT2D eigenvalue weighted by atomic mass is 16.3. The Morgan fingerprint density at radius 3 is 1.52 bits per heavy atom. The highest BCUT2D eigenvalue weighted by Gasteiger charge is 2.20. The standard InChI is InChI=1S/C21H19N3O.C20H17N3O2.2CH4/c1-13-3-6-15(7-4-13)19-20(25)21(23-12-22-19)24-17-9-10-18-14(2)5-8-16(18)11-17;1-12-2-4-13(5-3-12)18-19(25)20(22-11-21-18)23-15-7-8-16-14(10-15)6-9-17(16)24;;/h3-4,6-7,9-12,25H,2,5,8H2,1H3,(H,22,23,24);2-5,7-8,10-11,25H,6,9H2,1H3,(H,21,22,23);2*1H4. The molecule has 52 heavy (non-hydrogen) atoms. The van der Waals surface area contributed by atoms with Gasteiger partial charge in [0.15, 0.2) is 28.9 Å². The predicted molar refractivity (Wildman–Crippen MR) is 211 cm³/mol. The molecule has 0 bridgehead atoms. The lowest BCUT2D eigenvalue weighted by atomic mass is 10.1. The van der Waals surface area contributed by atoms with E-state index in [0.717, 1.165) is 64.0 Å². The number of Topliss-reactive ketones (excluding diaryl/α,β-unsaturated/α-hetero) is 1. The van der Waals surface area contributed by atoms with Crippen molar-refractivity contribution in [2.45, 2.75) is 54.4 Å². The zero-order valence-electron chi connectivity index (χ0n) is 27.9. The summed E-state index contributed by atoms with van der Waals surface area (Å²) in [5.74, 6) is 0.990. The van der Waals surface area contributed by atoms with Crippen molar-refractivity contribution in [1.82, 2.24) is 19.9 Å². The van der Waals surface area contributed by atoms with E-state index in [4.69, 9.17) is 0 Å². The maximum atomic E-state index is 11.7. The summed E-state index contributed by atoms with van der Waals surface area (Å²) in [5, 5.41) is 27.5. The number of fused-ring (bicyclic) bond motifs is 2. The summed E-state index contributed by atoms with van der Waals surface area (Å²) in [6.45, 7) is 8.13. The Hall–Kier alpha value is -6.35. The zero-order chi connectivity index (χ0) is 34.8. The topological polar surface area (TPSA) is 133 Å². The number of nitrogens with zero attached hydrogens (tertiary/aromatic N) is 4. The minimum absolute atomic E-state index is 0. The first-order valence-corrected chi connectivity index (χ1v) is 16.5. The Labute approximate surface area is 305 Å². The van der Waals surface area contributed by atoms with Crippen LogP contribution in [0.3, 0.4) is 0 Å². The van der Waals surface area contributed by atoms with E-state index in [9.17, 15) is 15.0 Å². The molecule has 6 aromatic rings. The first kappa shape index (κ1) is 36.9. The molecule has 0 atom stereocenters. The fourth-order valence-corrected chi connectivity index (χ4v) is 6.24. The molecule has 0 fully saturated rings. The van der Waals surface area contributed by atoms with Gasteiger partial charge >= 0.3 is 0 Å². The highest BCUT2D eigenvalue weighted by molar-refractivity contribution is 6.01. The second-order valence-corrected chi connectivity index (χ2v) is 12.6. The molecular formula is C43H44N6O3. The molecule has 0 amide bonds. The fourth-order valence-electron chi connectivity index (χ4n) is 6.24. The van der Waals surface area contributed by atoms with Crippen molar-refractivity contribution in [3.8, 4) is 34.0 Å². The summed E-state index contributed by atoms with van der Waals surface area (Å²) in [6, 6.07) is 27.4. The number of nitrogens with one attached hydrogen (secondary N) is 2. The van der Waals surface area contributed by atoms with E-state index in [2.05, 4.69) is 49.3 Å². The summed E-state index contributed by atoms with van der Waals surface area (Å²) in [4.78, 5) is 28.5. The van der Waals surface area contributed by atoms with Crippen LogP contribution in [0.25, 0.3) is 28.1 Å². The predicted octanol–water partition coefficient (Wildman–Crippen LogP) is 10.2. The smallest absolute Gasteiger partial charge is 0.185 e. The molecule has 0 saturated carbocycles. The molecule has 2 aliphatic carbocycles. The van der Waals surface area contributed by atoms with E-state index in [1.165, 1.54) is 29.4 Å². The lowest BCUT2D eigenvalue weighted by molar-refractivity contribution is 0.0994. The van der Waals surface area contributed by atoms with Gasteiger partial charge in [0.1, 0.15) is 24.0 Å². The van der Waals surface area contributed by atoms with Crippen molar-refractivity contribution in [1.29, 1.82) is 0 Å². The number of carbonyl (C=O) groups is 1. The number of carbonyl (C=O) groups excluding carboxylic acids is 1. The number of aromatic nitrogens is 4. The van der Waals surface area contributed by atoms with Gasteiger partial charge < -0.3 is 20.8 Å². The lowest BCUT2D eigenvalue weighted by Gasteiger charge is -2.11. The molecule has 0 saturated heterocycles. The van der Waals surface area contributed by atoms with Crippen molar-refractivity contribution in [2.75, 3.05) is 10.6 Å². The highest BCUT2D eigenvalue weighted by Crippen LogP contribution is 2.37. The van der Waals surface area contributed by atoms with Crippen molar-refractivity contribution in [3.63, 3.8) is 0 Å². The van der Waals surface area contributed by atoms with Gasteiger partial charge in [-0.2, -0.15) is 0 Å². The summed E-state index contributed by atoms with van der Waals surface area (Å²) in [7, 11) is 0. The first-order valence-electron chi connectivity index (χ1n) is 16.5. The van der Waals surface area contributed by atoms with Crippen LogP contribution in [0, 0.1) is 13.8 Å². The quantitative estimate of drug-likeness (QED) is 0.135. The normalized spacial score (nSPS) is 12.4. The van der Waals surface area contributed by atoms with Gasteiger partial charge in [-0.25, -0.2) is 19.9 Å². The van der Waals surface area contributed by atoms with E-state index >= 15 is 0 Å². The molecule has 9 nitrogen and oxygen atoms in total. The maximum Gasteiger partial charge on any atom is 0.185 e. The largest absolute Gasteiger partial charge is 0.503 e. The van der Waals surface area contributed by atoms with Gasteiger partial charge in [0.05, 0.1) is 0 Å². The van der Waals surface area contributed by atoms with E-state index in [1.54, 1.807) is 0 Å². The third-order valence-electron chi connectivity index (χ3n) is 9.03. The van der Waals surface area contributed by atoms with Crippen molar-refractivity contribution in [2.24, 2.45) is 0 Å². The SMILES string of the molecule is C.C.C=C1CCc2cc(Nc3ncnc(-c4ccc(C)cc4)c3O)ccc21.Cc1ccc(-c2ncnc(Nc3ccc4c(c3)CCC4=O)c2O)cc1. The molecule has 0 radical (unpaired) electrons. The molecule has 264 valence electrons. The number of aromatic hydroxyl groups is 2. The van der Waals surface area contributed by atoms with Gasteiger partial charge in [-0.1, -0.05) is 87.2 Å². The molecule has 0 unspecified atom stereocenters. The minimum Gasteiger partial charge on any atom is -0.503 e. The Morgan fingerprint density at radius 1 is 0.577 bits per heavy atom. The summed E-state index contributed by atoms with van der Waals surface area (Å²) >= 11 is 0. The second kappa shape index (κ2) is 15.7. The number of hydrogen-bond acceptors (Lipinski definition) is 9. The van der Waals surface area contributed by atoms with Crippen LogP contribution in [0.1, 0.15) is 65.9 Å². The third-order valence-corrected chi connectivity index (χ3v) is 9.03. The van der Waals surface area contributed by atoms with E-state index in [0.29, 0.717) is 29.4 Å². The Balaban J connectivity index is 0.000000194. The molecule has 4 aromatic carbocycles. The number of allylic oxidation sites excluding steroid dienone is 1. The number of aryl methyl sites for hydroxylation is 4. The van der Waals surface area contributed by atoms with E-state index in [-0.39, 0.29) is 32.1 Å². The Kier molecular flexibility index (Phi) is 11.1. The van der Waals surface area contributed by atoms with Crippen LogP contribution < -0.4 is 10.6 Å². The second-order valence-electron chi connectivity index (χ2n) is 12.6. The Morgan fingerprint density at radius 2 is 1.02 bits per heavy atom. The van der Waals surface area contributed by atoms with Gasteiger partial charge in [-0.05, 0) is 85.7 Å². The Bertz CT molecular complexity index is 2090. The van der Waals surface area contributed by atoms with Gasteiger partial charge in [-0.3, -0.25) is 4.79 Å². The summed E-state index contributed by atoms with van der Waals surface area (Å²) < 4.78 is 0. The molecular weight excluding hydrogens is 649 g/mol. The number of rotatable bonds is 6. The van der Waals surface area contributed by atoms with Gasteiger partial charge in [0.2, 0.25) is 0 Å². The fraction of sp³-hybridized carbons (Fsp3) is 0.186. The van der Waals surface area contributed by atoms with Crippen LogP contribution in [0.2, 0.25) is 0 Å². The number of anilines is 4. The van der Waals surface area contributed by atoms with E-state index in [1.807, 2.05) is 86.6 Å². The number of benzene rings is 4. The van der Waals surface area contributed by atoms with Crippen LogP contribution in [0.15, 0.2) is 104 Å². The molecule has 2 aromatic heterocycles. The average molecular weight is 693 g/mol. The van der Waals surface area contributed by atoms with Crippen molar-refractivity contribution >= 4 is 34.4 Å². The number of ketones is 1. The summed E-state index contributed by atoms with van der Waals surface area (Å²) in [6.07, 6.45) is 6.23. The third kappa shape index (κ3) is 7.68. The molecule has 8 rings (SSSR count). The van der Waals surface area contributed by atoms with Gasteiger partial charge in [0, 0.05) is 34.5 Å². The molecule has 9 heteroatoms. The van der Waals surface area contributed by atoms with Crippen molar-refractivity contribution in [3.05, 3.63) is 138 Å². The van der Waals surface area contributed by atoms with E-state index < -0.39 is 0 Å². The number of hydrogen-bond donors (Lipinski definition) is 4. The molecule has 2 heterocycles. The first-order chi connectivity index (χ1) is 24.2. The molecule has 0 spiro atoms. The molecule has 2 aliphatic rings. The van der Waals surface area contributed by atoms with Crippen LogP contribution in [0.4, 0.5) is 23.0 Å². The zero-order valence-corrected chi connectivity index (χ0v) is 27.9. The molecule has 4 N–H and O–H groups in total. The lowest BCUT2D eigenvalue weighted by Crippen LogP contribution is -1.98. The van der Waals surface area contributed by atoms with Crippen LogP contribution >= 0.6 is 0 Å². The minimum atomic E-state index is 0. The van der Waals surface area contributed by atoms with Crippen LogP contribution in [0.5, 0.6) is 11.5 Å². The maximum absolute atomic E-state index is 11.7. The molecule has 0 aliphatic heterocycles. The summed E-state index contributed by atoms with van der Waals surface area (Å²) in [5.41, 5.74) is 12.2. The van der Waals surface area contributed by atoms with Gasteiger partial charge in [-0.15, -0.1) is 0 Å². The monoisotopic (exact) mass is 692 g/mol. The van der Waals surface area contributed by atoms with Crippen molar-refractivity contribution < 1.29 is 15.0 Å². The van der Waals surface area contributed by atoms with Crippen LogP contribution in [-0.4, -0.2) is 35.9 Å². The van der Waals surface area contributed by atoms with Crippen LogP contribution in [-0.2, 0) is 12.8 Å².